The van der Waals surface area contributed by atoms with E-state index in [0.29, 0.717) is 23.4 Å². The number of hydrogen-bond acceptors (Lipinski definition) is 3. The van der Waals surface area contributed by atoms with Gasteiger partial charge in [-0.2, -0.15) is 0 Å². The molecule has 0 saturated carbocycles. The molecule has 21 heavy (non-hydrogen) atoms. The Morgan fingerprint density at radius 1 is 1.24 bits per heavy atom. The van der Waals surface area contributed by atoms with Gasteiger partial charge in [0.05, 0.1) is 0 Å². The minimum absolute atomic E-state index is 0.100. The van der Waals surface area contributed by atoms with Crippen molar-refractivity contribution >= 4 is 0 Å². The summed E-state index contributed by atoms with van der Waals surface area (Å²) in [6.45, 7) is 4.90. The molecule has 0 aliphatic carbocycles. The molecule has 112 valence electrons. The van der Waals surface area contributed by atoms with Crippen molar-refractivity contribution in [1.82, 2.24) is 10.3 Å². The molecule has 2 aromatic rings. The molecule has 0 aliphatic heterocycles. The van der Waals surface area contributed by atoms with Crippen molar-refractivity contribution in [3.63, 3.8) is 0 Å². The molecule has 1 aromatic carbocycles. The average molecular weight is 292 g/mol. The van der Waals surface area contributed by atoms with Gasteiger partial charge in [0.2, 0.25) is 0 Å². The van der Waals surface area contributed by atoms with Crippen LogP contribution in [0.15, 0.2) is 30.5 Å². The molecule has 0 aliphatic rings. The molecular weight excluding hydrogens is 274 g/mol. The van der Waals surface area contributed by atoms with Gasteiger partial charge in [-0.1, -0.05) is 6.92 Å². The third-order valence-electron chi connectivity index (χ3n) is 3.02. The van der Waals surface area contributed by atoms with Gasteiger partial charge in [-0.15, -0.1) is 0 Å². The van der Waals surface area contributed by atoms with Crippen LogP contribution >= 0.6 is 0 Å². The predicted molar refractivity (Wildman–Crippen MR) is 77.4 cm³/mol. The maximum Gasteiger partial charge on any atom is 0.256 e. The first-order valence-electron chi connectivity index (χ1n) is 6.90. The molecule has 0 fully saturated rings. The van der Waals surface area contributed by atoms with Crippen molar-refractivity contribution in [3.8, 4) is 11.6 Å². The van der Waals surface area contributed by atoms with E-state index in [9.17, 15) is 8.78 Å². The van der Waals surface area contributed by atoms with Gasteiger partial charge in [-0.3, -0.25) is 0 Å². The fraction of sp³-hybridized carbons (Fsp3) is 0.312. The standard InChI is InChI=1S/C16H18F2N2O/c1-3-7-19-10-12-6-8-20-16(15(12)18)21-13-4-5-14(17)11(2)9-13/h4-6,8-9,19H,3,7,10H2,1-2H3. The van der Waals surface area contributed by atoms with Crippen molar-refractivity contribution in [2.24, 2.45) is 0 Å². The molecule has 0 unspecified atom stereocenters. The molecular formula is C16H18F2N2O. The Balaban J connectivity index is 2.16. The van der Waals surface area contributed by atoms with Gasteiger partial charge in [0.25, 0.3) is 5.88 Å². The van der Waals surface area contributed by atoms with E-state index in [1.807, 2.05) is 6.92 Å². The van der Waals surface area contributed by atoms with Crippen LogP contribution in [0.25, 0.3) is 0 Å². The van der Waals surface area contributed by atoms with Gasteiger partial charge in [-0.05, 0) is 49.7 Å². The van der Waals surface area contributed by atoms with E-state index in [-0.39, 0.29) is 11.7 Å². The van der Waals surface area contributed by atoms with Crippen LogP contribution in [-0.4, -0.2) is 11.5 Å². The van der Waals surface area contributed by atoms with Gasteiger partial charge < -0.3 is 10.1 Å². The molecule has 3 nitrogen and oxygen atoms in total. The topological polar surface area (TPSA) is 34.2 Å². The summed E-state index contributed by atoms with van der Waals surface area (Å²) in [5, 5.41) is 3.13. The number of pyridine rings is 1. The van der Waals surface area contributed by atoms with Crippen molar-refractivity contribution in [2.75, 3.05) is 6.54 Å². The summed E-state index contributed by atoms with van der Waals surface area (Å²) in [7, 11) is 0. The first-order chi connectivity index (χ1) is 10.1. The number of rotatable bonds is 6. The maximum absolute atomic E-state index is 14.3. The molecule has 0 atom stereocenters. The van der Waals surface area contributed by atoms with Gasteiger partial charge in [0.15, 0.2) is 5.82 Å². The molecule has 1 N–H and O–H groups in total. The average Bonchev–Trinajstić information content (AvgIpc) is 2.47. The highest BCUT2D eigenvalue weighted by molar-refractivity contribution is 5.33. The number of nitrogens with one attached hydrogen (secondary N) is 1. The Hall–Kier alpha value is -2.01. The molecule has 0 saturated heterocycles. The third kappa shape index (κ3) is 3.98. The van der Waals surface area contributed by atoms with Crippen LogP contribution in [0.4, 0.5) is 8.78 Å². The van der Waals surface area contributed by atoms with Crippen LogP contribution in [0, 0.1) is 18.6 Å². The first-order valence-corrected chi connectivity index (χ1v) is 6.90. The monoisotopic (exact) mass is 292 g/mol. The summed E-state index contributed by atoms with van der Waals surface area (Å²) in [5.74, 6) is -0.563. The summed E-state index contributed by atoms with van der Waals surface area (Å²) in [6.07, 6.45) is 2.47. The van der Waals surface area contributed by atoms with Crippen LogP contribution in [0.3, 0.4) is 0 Å². The summed E-state index contributed by atoms with van der Waals surface area (Å²) in [6, 6.07) is 5.86. The molecule has 1 aromatic heterocycles. The van der Waals surface area contributed by atoms with Crippen molar-refractivity contribution < 1.29 is 13.5 Å². The van der Waals surface area contributed by atoms with Crippen molar-refractivity contribution in [2.45, 2.75) is 26.8 Å². The number of ether oxygens (including phenoxy) is 1. The van der Waals surface area contributed by atoms with Crippen molar-refractivity contribution in [3.05, 3.63) is 53.2 Å². The summed E-state index contributed by atoms with van der Waals surface area (Å²) in [5.41, 5.74) is 0.931. The number of aromatic nitrogens is 1. The van der Waals surface area contributed by atoms with E-state index in [1.54, 1.807) is 13.0 Å². The van der Waals surface area contributed by atoms with Gasteiger partial charge in [0, 0.05) is 18.3 Å². The Kier molecular flexibility index (Phi) is 5.22. The number of aryl methyl sites for hydroxylation is 1. The van der Waals surface area contributed by atoms with E-state index in [2.05, 4.69) is 10.3 Å². The van der Waals surface area contributed by atoms with Crippen LogP contribution in [0.2, 0.25) is 0 Å². The molecule has 5 heteroatoms. The molecule has 1 heterocycles. The highest BCUT2D eigenvalue weighted by atomic mass is 19.1. The predicted octanol–water partition coefficient (Wildman–Crippen LogP) is 3.96. The van der Waals surface area contributed by atoms with Gasteiger partial charge in [-0.25, -0.2) is 13.8 Å². The fourth-order valence-corrected chi connectivity index (χ4v) is 1.86. The lowest BCUT2D eigenvalue weighted by Gasteiger charge is -2.10. The van der Waals surface area contributed by atoms with E-state index < -0.39 is 5.82 Å². The van der Waals surface area contributed by atoms with Crippen LogP contribution in [0.5, 0.6) is 11.6 Å². The van der Waals surface area contributed by atoms with Gasteiger partial charge >= 0.3 is 0 Å². The zero-order valence-electron chi connectivity index (χ0n) is 12.1. The lowest BCUT2D eigenvalue weighted by molar-refractivity contribution is 0.416. The second kappa shape index (κ2) is 7.13. The zero-order valence-corrected chi connectivity index (χ0v) is 12.1. The molecule has 2 rings (SSSR count). The van der Waals surface area contributed by atoms with Gasteiger partial charge in [0.1, 0.15) is 11.6 Å². The summed E-state index contributed by atoms with van der Waals surface area (Å²) >= 11 is 0. The van der Waals surface area contributed by atoms with Crippen molar-refractivity contribution in [1.29, 1.82) is 0 Å². The molecule has 0 spiro atoms. The zero-order chi connectivity index (χ0) is 15.2. The Bertz CT molecular complexity index is 617. The second-order valence-electron chi connectivity index (χ2n) is 4.78. The minimum atomic E-state index is -0.497. The van der Waals surface area contributed by atoms with E-state index in [4.69, 9.17) is 4.74 Å². The SMILES string of the molecule is CCCNCc1ccnc(Oc2ccc(F)c(C)c2)c1F. The smallest absolute Gasteiger partial charge is 0.256 e. The van der Waals surface area contributed by atoms with Crippen LogP contribution in [0.1, 0.15) is 24.5 Å². The maximum atomic E-state index is 14.3. The van der Waals surface area contributed by atoms with E-state index >= 15 is 0 Å². The van der Waals surface area contributed by atoms with E-state index in [1.165, 1.54) is 24.4 Å². The minimum Gasteiger partial charge on any atom is -0.436 e. The lowest BCUT2D eigenvalue weighted by Crippen LogP contribution is -2.15. The lowest BCUT2D eigenvalue weighted by atomic mass is 10.2. The fourth-order valence-electron chi connectivity index (χ4n) is 1.86. The Labute approximate surface area is 123 Å². The first kappa shape index (κ1) is 15.4. The highest BCUT2D eigenvalue weighted by Crippen LogP contribution is 2.25. The van der Waals surface area contributed by atoms with Crippen LogP contribution < -0.4 is 10.1 Å². The number of benzene rings is 1. The third-order valence-corrected chi connectivity index (χ3v) is 3.02. The Morgan fingerprint density at radius 3 is 2.76 bits per heavy atom. The summed E-state index contributed by atoms with van der Waals surface area (Å²) in [4.78, 5) is 3.90. The molecule has 0 radical (unpaired) electrons. The van der Waals surface area contributed by atoms with Crippen LogP contribution in [-0.2, 0) is 6.54 Å². The summed E-state index contributed by atoms with van der Waals surface area (Å²) < 4.78 is 32.9. The quantitative estimate of drug-likeness (QED) is 0.818. The number of nitrogens with zero attached hydrogens (tertiary/aromatic N) is 1. The van der Waals surface area contributed by atoms with E-state index in [0.717, 1.165) is 13.0 Å². The number of hydrogen-bond donors (Lipinski definition) is 1. The largest absolute Gasteiger partial charge is 0.436 e. The normalized spacial score (nSPS) is 10.7. The number of halogens is 2. The second-order valence-corrected chi connectivity index (χ2v) is 4.78. The molecule has 0 amide bonds. The molecule has 0 bridgehead atoms. The Morgan fingerprint density at radius 2 is 2.05 bits per heavy atom. The highest BCUT2D eigenvalue weighted by Gasteiger charge is 2.12.